The Labute approximate surface area is 183 Å². The van der Waals surface area contributed by atoms with Crippen molar-refractivity contribution >= 4 is 40.6 Å². The van der Waals surface area contributed by atoms with Gasteiger partial charge >= 0.3 is 0 Å². The number of nitrogens with zero attached hydrogens (tertiary/aromatic N) is 1. The summed E-state index contributed by atoms with van der Waals surface area (Å²) in [4.78, 5) is 25.8. The van der Waals surface area contributed by atoms with Crippen LogP contribution in [0.5, 0.6) is 11.5 Å². The molecule has 0 saturated carbocycles. The monoisotopic (exact) mass is 447 g/mol. The Morgan fingerprint density at radius 1 is 1.20 bits per heavy atom. The van der Waals surface area contributed by atoms with Gasteiger partial charge in [-0.1, -0.05) is 29.8 Å². The van der Waals surface area contributed by atoms with E-state index in [1.807, 2.05) is 6.92 Å². The lowest BCUT2D eigenvalue weighted by Crippen LogP contribution is -2.27. The van der Waals surface area contributed by atoms with Gasteiger partial charge in [0.1, 0.15) is 12.4 Å². The maximum Gasteiger partial charge on any atom is 0.293 e. The summed E-state index contributed by atoms with van der Waals surface area (Å²) in [6.07, 6.45) is 3.09. The van der Waals surface area contributed by atoms with Gasteiger partial charge in [0, 0.05) is 6.54 Å². The maximum atomic E-state index is 13.1. The second-order valence-corrected chi connectivity index (χ2v) is 7.66. The average molecular weight is 448 g/mol. The summed E-state index contributed by atoms with van der Waals surface area (Å²) < 4.78 is 24.5. The molecule has 0 spiro atoms. The molecule has 2 amide bonds. The van der Waals surface area contributed by atoms with Crippen LogP contribution in [-0.2, 0) is 11.4 Å². The minimum atomic E-state index is -0.379. The second kappa shape index (κ2) is 9.82. The number of hydrogen-bond acceptors (Lipinski definition) is 5. The van der Waals surface area contributed by atoms with Gasteiger partial charge in [0.05, 0.1) is 16.5 Å². The lowest BCUT2D eigenvalue weighted by atomic mass is 10.1. The van der Waals surface area contributed by atoms with Gasteiger partial charge in [0.25, 0.3) is 11.1 Å². The number of thioether (sulfide) groups is 1. The van der Waals surface area contributed by atoms with Crippen LogP contribution in [0.25, 0.3) is 6.08 Å². The minimum Gasteiger partial charge on any atom is -0.490 e. The molecule has 2 aromatic rings. The highest BCUT2D eigenvalue weighted by Crippen LogP contribution is 2.39. The summed E-state index contributed by atoms with van der Waals surface area (Å²) in [6, 6.07) is 9.27. The first-order valence-electron chi connectivity index (χ1n) is 9.12. The number of carbonyl (C=O) groups excluding carboxylic acids is 2. The van der Waals surface area contributed by atoms with E-state index in [4.69, 9.17) is 21.1 Å². The predicted octanol–water partition coefficient (Wildman–Crippen LogP) is 5.68. The Morgan fingerprint density at radius 2 is 1.93 bits per heavy atom. The summed E-state index contributed by atoms with van der Waals surface area (Å²) in [5, 5.41) is -0.0545. The van der Waals surface area contributed by atoms with Gasteiger partial charge < -0.3 is 9.47 Å². The largest absolute Gasteiger partial charge is 0.490 e. The first kappa shape index (κ1) is 21.9. The molecule has 0 unspecified atom stereocenters. The van der Waals surface area contributed by atoms with Crippen LogP contribution in [0.1, 0.15) is 18.1 Å². The predicted molar refractivity (Wildman–Crippen MR) is 116 cm³/mol. The van der Waals surface area contributed by atoms with Crippen molar-refractivity contribution in [3.05, 3.63) is 75.9 Å². The van der Waals surface area contributed by atoms with Gasteiger partial charge in [-0.25, -0.2) is 4.39 Å². The smallest absolute Gasteiger partial charge is 0.293 e. The molecule has 3 rings (SSSR count). The molecule has 0 atom stereocenters. The molecule has 1 heterocycles. The van der Waals surface area contributed by atoms with Crippen molar-refractivity contribution in [1.29, 1.82) is 0 Å². The molecule has 1 saturated heterocycles. The number of amides is 2. The molecule has 5 nitrogen and oxygen atoms in total. The van der Waals surface area contributed by atoms with Crippen molar-refractivity contribution in [3.8, 4) is 11.5 Å². The summed E-state index contributed by atoms with van der Waals surface area (Å²) in [7, 11) is 0. The number of imide groups is 1. The Bertz CT molecular complexity index is 1010. The van der Waals surface area contributed by atoms with E-state index in [1.54, 1.807) is 30.3 Å². The number of halogens is 2. The van der Waals surface area contributed by atoms with Crippen LogP contribution in [-0.4, -0.2) is 29.2 Å². The molecule has 30 heavy (non-hydrogen) atoms. The molecule has 0 N–H and O–H groups in total. The Morgan fingerprint density at radius 3 is 2.60 bits per heavy atom. The van der Waals surface area contributed by atoms with E-state index in [9.17, 15) is 14.0 Å². The van der Waals surface area contributed by atoms with E-state index in [-0.39, 0.29) is 30.1 Å². The molecule has 2 aromatic carbocycles. The number of rotatable bonds is 8. The molecule has 1 fully saturated rings. The standard InChI is InChI=1S/C22H19ClFNO4S/c1-3-9-25-21(26)19(30-22(25)27)12-15-10-17(23)20(18(11-15)28-4-2)29-13-14-5-7-16(24)8-6-14/h3,5-8,10-12H,1,4,9,13H2,2H3/b19-12-. The average Bonchev–Trinajstić information content (AvgIpc) is 2.97. The highest BCUT2D eigenvalue weighted by molar-refractivity contribution is 8.18. The van der Waals surface area contributed by atoms with E-state index in [0.717, 1.165) is 22.2 Å². The first-order valence-corrected chi connectivity index (χ1v) is 10.3. The lowest BCUT2D eigenvalue weighted by Gasteiger charge is -2.15. The normalized spacial score (nSPS) is 15.0. The van der Waals surface area contributed by atoms with Crippen LogP contribution < -0.4 is 9.47 Å². The highest BCUT2D eigenvalue weighted by Gasteiger charge is 2.34. The van der Waals surface area contributed by atoms with Crippen LogP contribution in [0.15, 0.2) is 54.0 Å². The second-order valence-electron chi connectivity index (χ2n) is 6.26. The number of carbonyl (C=O) groups is 2. The van der Waals surface area contributed by atoms with Crippen molar-refractivity contribution in [2.24, 2.45) is 0 Å². The summed E-state index contributed by atoms with van der Waals surface area (Å²) in [5.74, 6) is 0.0488. The molecular weight excluding hydrogens is 429 g/mol. The number of ether oxygens (including phenoxy) is 2. The van der Waals surface area contributed by atoms with E-state index in [2.05, 4.69) is 6.58 Å². The zero-order valence-corrected chi connectivity index (χ0v) is 17.8. The van der Waals surface area contributed by atoms with Gasteiger partial charge in [-0.05, 0) is 60.2 Å². The fourth-order valence-corrected chi connectivity index (χ4v) is 3.87. The lowest BCUT2D eigenvalue weighted by molar-refractivity contribution is -0.122. The number of benzene rings is 2. The SMILES string of the molecule is C=CCN1C(=O)S/C(=C\c2cc(Cl)c(OCc3ccc(F)cc3)c(OCC)c2)C1=O. The molecule has 1 aliphatic heterocycles. The maximum absolute atomic E-state index is 13.1. The van der Waals surface area contributed by atoms with E-state index < -0.39 is 0 Å². The molecule has 0 aromatic heterocycles. The van der Waals surface area contributed by atoms with Crippen LogP contribution >= 0.6 is 23.4 Å². The van der Waals surface area contributed by atoms with Crippen LogP contribution in [0.2, 0.25) is 5.02 Å². The van der Waals surface area contributed by atoms with Crippen LogP contribution in [0.4, 0.5) is 9.18 Å². The molecule has 156 valence electrons. The van der Waals surface area contributed by atoms with Crippen molar-refractivity contribution in [3.63, 3.8) is 0 Å². The van der Waals surface area contributed by atoms with Gasteiger partial charge in [0.15, 0.2) is 11.5 Å². The van der Waals surface area contributed by atoms with Crippen molar-refractivity contribution in [2.45, 2.75) is 13.5 Å². The Balaban J connectivity index is 1.85. The Hall–Kier alpha value is -2.77. The summed E-state index contributed by atoms with van der Waals surface area (Å²) in [5.41, 5.74) is 1.37. The summed E-state index contributed by atoms with van der Waals surface area (Å²) >= 11 is 7.27. The molecule has 8 heteroatoms. The van der Waals surface area contributed by atoms with Crippen LogP contribution in [0, 0.1) is 5.82 Å². The molecule has 0 aliphatic carbocycles. The molecule has 0 radical (unpaired) electrons. The van der Waals surface area contributed by atoms with Crippen molar-refractivity contribution < 1.29 is 23.5 Å². The van der Waals surface area contributed by atoms with E-state index in [0.29, 0.717) is 33.6 Å². The van der Waals surface area contributed by atoms with Gasteiger partial charge in [-0.15, -0.1) is 6.58 Å². The van der Waals surface area contributed by atoms with E-state index in [1.165, 1.54) is 18.2 Å². The minimum absolute atomic E-state index is 0.156. The van der Waals surface area contributed by atoms with Crippen LogP contribution in [0.3, 0.4) is 0 Å². The zero-order chi connectivity index (χ0) is 21.7. The quantitative estimate of drug-likeness (QED) is 0.385. The highest BCUT2D eigenvalue weighted by atomic mass is 35.5. The molecule has 0 bridgehead atoms. The fourth-order valence-electron chi connectivity index (χ4n) is 2.75. The third-order valence-electron chi connectivity index (χ3n) is 4.11. The molecular formula is C22H19ClFNO4S. The molecule has 1 aliphatic rings. The third kappa shape index (κ3) is 5.04. The summed E-state index contributed by atoms with van der Waals surface area (Å²) in [6.45, 7) is 6.10. The zero-order valence-electron chi connectivity index (χ0n) is 16.2. The Kier molecular flexibility index (Phi) is 7.18. The van der Waals surface area contributed by atoms with E-state index >= 15 is 0 Å². The third-order valence-corrected chi connectivity index (χ3v) is 5.30. The number of hydrogen-bond donors (Lipinski definition) is 0. The van der Waals surface area contributed by atoms with Gasteiger partial charge in [0.2, 0.25) is 0 Å². The topological polar surface area (TPSA) is 55.8 Å². The fraction of sp³-hybridized carbons (Fsp3) is 0.182. The van der Waals surface area contributed by atoms with Crippen molar-refractivity contribution in [1.82, 2.24) is 4.90 Å². The van der Waals surface area contributed by atoms with Gasteiger partial charge in [-0.3, -0.25) is 14.5 Å². The first-order chi connectivity index (χ1) is 14.4. The van der Waals surface area contributed by atoms with Crippen molar-refractivity contribution in [2.75, 3.05) is 13.2 Å². The van der Waals surface area contributed by atoms with Gasteiger partial charge in [-0.2, -0.15) is 0 Å².